The quantitative estimate of drug-likeness (QED) is 0.189. The van der Waals surface area contributed by atoms with Gasteiger partial charge >= 0.3 is 5.97 Å². The number of likely N-dealkylation sites (tertiary alicyclic amines) is 1. The van der Waals surface area contributed by atoms with Gasteiger partial charge in [-0.25, -0.2) is 0 Å². The van der Waals surface area contributed by atoms with E-state index >= 15 is 0 Å². The Morgan fingerprint density at radius 3 is 2.56 bits per heavy atom. The summed E-state index contributed by atoms with van der Waals surface area (Å²) in [4.78, 5) is 26.5. The van der Waals surface area contributed by atoms with Gasteiger partial charge in [-0.1, -0.05) is 60.2 Å². The zero-order valence-corrected chi connectivity index (χ0v) is 27.0. The Balaban J connectivity index is 1.38. The number of hydrogen-bond donors (Lipinski definition) is 2. The summed E-state index contributed by atoms with van der Waals surface area (Å²) >= 11 is 0. The summed E-state index contributed by atoms with van der Waals surface area (Å²) in [7, 11) is 3.72. The maximum Gasteiger partial charge on any atom is 0.310 e. The van der Waals surface area contributed by atoms with E-state index in [4.69, 9.17) is 11.3 Å². The maximum absolute atomic E-state index is 13.7. The number of benzene rings is 2. The number of piperidine rings is 2. The first-order valence-corrected chi connectivity index (χ1v) is 16.6. The van der Waals surface area contributed by atoms with E-state index < -0.39 is 0 Å². The molecule has 0 spiro atoms. The first-order valence-electron chi connectivity index (χ1n) is 16.6. The number of likely N-dealkylation sites (N-methyl/N-ethyl adjacent to an activating group) is 1. The molecule has 232 valence electrons. The Morgan fingerprint density at radius 2 is 1.76 bits per heavy atom. The van der Waals surface area contributed by atoms with Gasteiger partial charge in [0.05, 0.1) is 13.0 Å². The van der Waals surface area contributed by atoms with Gasteiger partial charge in [-0.05, 0) is 87.0 Å². The molecule has 0 radical (unpaired) electrons. The molecule has 6 unspecified atom stereocenters. The van der Waals surface area contributed by atoms with Crippen LogP contribution in [-0.4, -0.2) is 65.6 Å². The SMILES string of the molecule is C=C1c2[nH]c3cccc(C4CC5C(=CC)CN(C)C(Cc6c4[nH]c4ccccc64)C5C(=O)OC)c3c2CN2CCC1C(=CC)C2. The topological polar surface area (TPSA) is 64.4 Å². The first kappa shape index (κ1) is 28.6. The molecule has 1 aliphatic carbocycles. The highest BCUT2D eigenvalue weighted by atomic mass is 16.5. The van der Waals surface area contributed by atoms with Gasteiger partial charge in [0.25, 0.3) is 0 Å². The molecular formula is C39H44N4O2. The van der Waals surface area contributed by atoms with E-state index in [-0.39, 0.29) is 29.8 Å². The molecule has 2 saturated heterocycles. The molecule has 6 nitrogen and oxygen atoms in total. The van der Waals surface area contributed by atoms with Gasteiger partial charge in [0.15, 0.2) is 0 Å². The second-order valence-electron chi connectivity index (χ2n) is 13.7. The van der Waals surface area contributed by atoms with Crippen molar-refractivity contribution in [3.8, 4) is 0 Å². The van der Waals surface area contributed by atoms with Gasteiger partial charge < -0.3 is 14.7 Å². The molecule has 9 rings (SSSR count). The third-order valence-electron chi connectivity index (χ3n) is 11.7. The van der Waals surface area contributed by atoms with Gasteiger partial charge in [0, 0.05) is 70.7 Å². The van der Waals surface area contributed by atoms with Crippen LogP contribution in [0.4, 0.5) is 0 Å². The van der Waals surface area contributed by atoms with Crippen molar-refractivity contribution in [2.75, 3.05) is 33.8 Å². The van der Waals surface area contributed by atoms with Gasteiger partial charge in [-0.3, -0.25) is 14.6 Å². The number of aromatic amines is 2. The molecule has 2 aromatic heterocycles. The molecule has 6 heteroatoms. The van der Waals surface area contributed by atoms with Gasteiger partial charge in [0.2, 0.25) is 0 Å². The van der Waals surface area contributed by atoms with Crippen LogP contribution in [0.1, 0.15) is 60.7 Å². The minimum atomic E-state index is -0.226. The third-order valence-corrected chi connectivity index (χ3v) is 11.7. The molecular weight excluding hydrogens is 556 g/mol. The van der Waals surface area contributed by atoms with Crippen LogP contribution >= 0.6 is 0 Å². The molecule has 4 aliphatic heterocycles. The number of esters is 1. The van der Waals surface area contributed by atoms with Crippen LogP contribution in [0, 0.1) is 17.8 Å². The number of aromatic nitrogens is 2. The molecule has 2 N–H and O–H groups in total. The summed E-state index contributed by atoms with van der Waals surface area (Å²) < 4.78 is 5.55. The van der Waals surface area contributed by atoms with E-state index in [1.165, 1.54) is 66.6 Å². The number of hydrogen-bond acceptors (Lipinski definition) is 4. The van der Waals surface area contributed by atoms with Crippen molar-refractivity contribution in [2.45, 2.75) is 51.6 Å². The molecule has 45 heavy (non-hydrogen) atoms. The average Bonchev–Trinajstić information content (AvgIpc) is 3.60. The number of fused-ring (bicyclic) bond motifs is 8. The maximum atomic E-state index is 13.7. The smallest absolute Gasteiger partial charge is 0.310 e. The van der Waals surface area contributed by atoms with Crippen LogP contribution < -0.4 is 0 Å². The summed E-state index contributed by atoms with van der Waals surface area (Å²) in [6, 6.07) is 15.6. The largest absolute Gasteiger partial charge is 0.469 e. The number of methoxy groups -OCH3 is 1. The minimum absolute atomic E-state index is 0.0700. The van der Waals surface area contributed by atoms with Crippen LogP contribution in [-0.2, 0) is 22.5 Å². The molecule has 2 aromatic carbocycles. The third kappa shape index (κ3) is 4.33. The predicted octanol–water partition coefficient (Wildman–Crippen LogP) is 7.19. The number of nitrogens with zero attached hydrogens (tertiary/aromatic N) is 2. The van der Waals surface area contributed by atoms with Crippen LogP contribution in [0.5, 0.6) is 0 Å². The highest BCUT2D eigenvalue weighted by Crippen LogP contribution is 2.50. The number of para-hydroxylation sites is 1. The number of allylic oxidation sites excluding steroid dienone is 3. The predicted molar refractivity (Wildman–Crippen MR) is 182 cm³/mol. The second kappa shape index (κ2) is 10.9. The van der Waals surface area contributed by atoms with E-state index in [1.54, 1.807) is 7.11 Å². The Hall–Kier alpha value is -3.87. The van der Waals surface area contributed by atoms with Crippen LogP contribution in [0.3, 0.4) is 0 Å². The number of ether oxygens (including phenoxy) is 1. The minimum Gasteiger partial charge on any atom is -0.469 e. The first-order chi connectivity index (χ1) is 21.9. The molecule has 6 heterocycles. The van der Waals surface area contributed by atoms with Crippen molar-refractivity contribution in [3.05, 3.63) is 100 Å². The van der Waals surface area contributed by atoms with Crippen molar-refractivity contribution >= 4 is 33.3 Å². The fourth-order valence-electron chi connectivity index (χ4n) is 9.48. The van der Waals surface area contributed by atoms with Crippen molar-refractivity contribution in [1.29, 1.82) is 0 Å². The molecule has 0 amide bonds. The summed E-state index contributed by atoms with van der Waals surface area (Å²) in [5, 5.41) is 2.59. The van der Waals surface area contributed by atoms with Crippen molar-refractivity contribution in [3.63, 3.8) is 0 Å². The van der Waals surface area contributed by atoms with E-state index in [0.717, 1.165) is 45.4 Å². The molecule has 0 saturated carbocycles. The van der Waals surface area contributed by atoms with E-state index in [9.17, 15) is 4.79 Å². The number of H-pyrrole nitrogens is 2. The molecule has 5 aliphatic rings. The Labute approximate surface area is 265 Å². The highest BCUT2D eigenvalue weighted by molar-refractivity contribution is 5.94. The molecule has 2 fully saturated rings. The molecule has 4 bridgehead atoms. The fourth-order valence-corrected chi connectivity index (χ4v) is 9.48. The van der Waals surface area contributed by atoms with Crippen molar-refractivity contribution < 1.29 is 9.53 Å². The zero-order chi connectivity index (χ0) is 31.0. The summed E-state index contributed by atoms with van der Waals surface area (Å²) in [6.07, 6.45) is 7.33. The van der Waals surface area contributed by atoms with Crippen molar-refractivity contribution in [2.24, 2.45) is 17.8 Å². The average molecular weight is 601 g/mol. The molecule has 4 aromatic rings. The number of nitrogens with one attached hydrogen (secondary N) is 2. The Kier molecular flexibility index (Phi) is 6.92. The van der Waals surface area contributed by atoms with Crippen LogP contribution in [0.15, 0.2) is 72.3 Å². The van der Waals surface area contributed by atoms with E-state index in [0.29, 0.717) is 5.92 Å². The Bertz CT molecular complexity index is 1910. The summed E-state index contributed by atoms with van der Waals surface area (Å²) in [5.74, 6) is 0.248. The Morgan fingerprint density at radius 1 is 0.956 bits per heavy atom. The monoisotopic (exact) mass is 600 g/mol. The normalized spacial score (nSPS) is 30.2. The van der Waals surface area contributed by atoms with E-state index in [2.05, 4.69) is 95.3 Å². The van der Waals surface area contributed by atoms with Crippen molar-refractivity contribution in [1.82, 2.24) is 19.8 Å². The van der Waals surface area contributed by atoms with Crippen LogP contribution in [0.2, 0.25) is 0 Å². The number of carbonyl (C=O) groups is 1. The summed E-state index contributed by atoms with van der Waals surface area (Å²) in [5.41, 5.74) is 13.0. The van der Waals surface area contributed by atoms with Gasteiger partial charge in [0.1, 0.15) is 0 Å². The second-order valence-corrected chi connectivity index (χ2v) is 13.7. The van der Waals surface area contributed by atoms with Crippen LogP contribution in [0.25, 0.3) is 27.4 Å². The summed E-state index contributed by atoms with van der Waals surface area (Å²) in [6.45, 7) is 12.9. The van der Waals surface area contributed by atoms with Gasteiger partial charge in [-0.2, -0.15) is 0 Å². The fraction of sp³-hybridized carbons (Fsp3) is 0.410. The lowest BCUT2D eigenvalue weighted by Gasteiger charge is -2.47. The molecule has 6 atom stereocenters. The lowest BCUT2D eigenvalue weighted by Crippen LogP contribution is -2.53. The van der Waals surface area contributed by atoms with E-state index in [1.807, 2.05) is 0 Å². The lowest BCUT2D eigenvalue weighted by atomic mass is 9.67. The lowest BCUT2D eigenvalue weighted by molar-refractivity contribution is -0.151. The van der Waals surface area contributed by atoms with Gasteiger partial charge in [-0.15, -0.1) is 0 Å². The standard InChI is InChI=1S/C39H44N4O2/c1-6-23-19-42(4)34-18-30-26-11-8-9-13-32(26)40-38(30)29(17-28(23)36(34)39(44)45-5)27-12-10-14-33-35(27)31-21-43-16-15-25(24(7-2)20-43)22(3)37(31)41-33/h6-14,25,28-29,34,36,40-41H,3,15-21H2,1-2,4-5H3. The highest BCUT2D eigenvalue weighted by Gasteiger charge is 2.47. The number of carbonyl (C=O) groups excluding carboxylic acids is 1. The number of rotatable bonds is 2. The zero-order valence-electron chi connectivity index (χ0n) is 27.0.